The van der Waals surface area contributed by atoms with E-state index in [-0.39, 0.29) is 17.6 Å². The van der Waals surface area contributed by atoms with Crippen LogP contribution in [-0.4, -0.2) is 47.6 Å². The Labute approximate surface area is 157 Å². The van der Waals surface area contributed by atoms with Gasteiger partial charge in [0.1, 0.15) is 0 Å². The van der Waals surface area contributed by atoms with Gasteiger partial charge in [0.15, 0.2) is 5.69 Å². The van der Waals surface area contributed by atoms with Gasteiger partial charge in [-0.05, 0) is 18.2 Å². The normalized spacial score (nSPS) is 13.6. The molecule has 1 aliphatic rings. The summed E-state index contributed by atoms with van der Waals surface area (Å²) in [6.45, 7) is 1.32. The third-order valence-corrected chi connectivity index (χ3v) is 4.98. The van der Waals surface area contributed by atoms with E-state index >= 15 is 0 Å². The smallest absolute Gasteiger partial charge is 0.355 e. The summed E-state index contributed by atoms with van der Waals surface area (Å²) in [6, 6.07) is 4.50. The predicted octanol–water partition coefficient (Wildman–Crippen LogP) is 2.00. The van der Waals surface area contributed by atoms with Crippen LogP contribution in [0.2, 0.25) is 5.02 Å². The van der Waals surface area contributed by atoms with Crippen LogP contribution in [0.5, 0.6) is 0 Å². The van der Waals surface area contributed by atoms with Gasteiger partial charge in [-0.15, -0.1) is 11.3 Å². The van der Waals surface area contributed by atoms with E-state index in [0.717, 1.165) is 0 Å². The molecule has 0 saturated carbocycles. The molecule has 136 valence electrons. The van der Waals surface area contributed by atoms with Crippen molar-refractivity contribution in [3.05, 3.63) is 44.9 Å². The van der Waals surface area contributed by atoms with Crippen LogP contribution in [0.25, 0.3) is 0 Å². The lowest BCUT2D eigenvalue weighted by molar-refractivity contribution is 0.0690. The summed E-state index contributed by atoms with van der Waals surface area (Å²) in [4.78, 5) is 40.4. The number of rotatable bonds is 6. The molecule has 0 radical (unpaired) electrons. The number of hydrogen-bond donors (Lipinski definition) is 3. The fraction of sp³-hybridized carbons (Fsp3) is 0.250. The number of carboxylic acids is 1. The van der Waals surface area contributed by atoms with Crippen LogP contribution in [0.3, 0.4) is 0 Å². The number of aromatic nitrogens is 1. The second-order valence-electron chi connectivity index (χ2n) is 5.49. The first-order valence-corrected chi connectivity index (χ1v) is 9.02. The number of hydrogen-bond acceptors (Lipinski definition) is 5. The van der Waals surface area contributed by atoms with Crippen LogP contribution in [0, 0.1) is 0 Å². The number of nitrogens with zero attached hydrogens (tertiary/aromatic N) is 2. The van der Waals surface area contributed by atoms with Crippen LogP contribution >= 0.6 is 22.9 Å². The first-order valence-electron chi connectivity index (χ1n) is 7.76. The third kappa shape index (κ3) is 3.94. The average molecular weight is 395 g/mol. The Hall–Kier alpha value is -2.65. The highest BCUT2D eigenvalue weighted by molar-refractivity contribution is 7.09. The maximum atomic E-state index is 12.3. The van der Waals surface area contributed by atoms with Gasteiger partial charge in [0.2, 0.25) is 0 Å². The van der Waals surface area contributed by atoms with Crippen LogP contribution in [-0.2, 0) is 6.42 Å². The van der Waals surface area contributed by atoms with E-state index in [1.54, 1.807) is 18.2 Å². The SMILES string of the molecule is O=C(NCCc1nc(C(=O)O)cs1)c1ccc(Cl)c(N2CCNC2=O)c1. The summed E-state index contributed by atoms with van der Waals surface area (Å²) in [5.41, 5.74) is 0.873. The van der Waals surface area contributed by atoms with Gasteiger partial charge >= 0.3 is 12.0 Å². The number of urea groups is 1. The summed E-state index contributed by atoms with van der Waals surface area (Å²) < 4.78 is 0. The molecule has 1 aromatic heterocycles. The van der Waals surface area contributed by atoms with E-state index in [1.165, 1.54) is 21.6 Å². The minimum atomic E-state index is -1.07. The number of aromatic carboxylic acids is 1. The Balaban J connectivity index is 1.62. The Morgan fingerprint density at radius 1 is 1.42 bits per heavy atom. The quantitative estimate of drug-likeness (QED) is 0.693. The molecule has 0 atom stereocenters. The summed E-state index contributed by atoms with van der Waals surface area (Å²) in [6.07, 6.45) is 0.429. The molecule has 0 unspecified atom stereocenters. The number of carbonyl (C=O) groups excluding carboxylic acids is 2. The van der Waals surface area contributed by atoms with Crippen LogP contribution in [0.15, 0.2) is 23.6 Å². The fourth-order valence-electron chi connectivity index (χ4n) is 2.47. The van der Waals surface area contributed by atoms with E-state index < -0.39 is 5.97 Å². The maximum absolute atomic E-state index is 12.3. The molecule has 1 aliphatic heterocycles. The Kier molecular flexibility index (Phi) is 5.38. The van der Waals surface area contributed by atoms with Crippen LogP contribution < -0.4 is 15.5 Å². The molecule has 8 nitrogen and oxygen atoms in total. The summed E-state index contributed by atoms with van der Waals surface area (Å²) in [7, 11) is 0. The van der Waals surface area contributed by atoms with Crippen LogP contribution in [0.1, 0.15) is 25.9 Å². The second-order valence-corrected chi connectivity index (χ2v) is 6.84. The van der Waals surface area contributed by atoms with Crippen molar-refractivity contribution in [1.29, 1.82) is 0 Å². The summed E-state index contributed by atoms with van der Waals surface area (Å²) in [5, 5.41) is 16.8. The lowest BCUT2D eigenvalue weighted by atomic mass is 10.1. The lowest BCUT2D eigenvalue weighted by Crippen LogP contribution is -2.29. The second kappa shape index (κ2) is 7.71. The molecular weight excluding hydrogens is 380 g/mol. The minimum absolute atomic E-state index is 0.00237. The number of carboxylic acid groups (broad SMARTS) is 1. The summed E-state index contributed by atoms with van der Waals surface area (Å²) in [5.74, 6) is -1.38. The van der Waals surface area contributed by atoms with Gasteiger partial charge in [0.05, 0.1) is 15.7 Å². The van der Waals surface area contributed by atoms with E-state index in [9.17, 15) is 14.4 Å². The Morgan fingerprint density at radius 3 is 2.88 bits per heavy atom. The molecule has 0 spiro atoms. The van der Waals surface area contributed by atoms with Crippen molar-refractivity contribution >= 4 is 46.5 Å². The monoisotopic (exact) mass is 394 g/mol. The predicted molar refractivity (Wildman–Crippen MR) is 97.3 cm³/mol. The number of amides is 3. The number of halogens is 1. The van der Waals surface area contributed by atoms with Crippen molar-refractivity contribution in [3.8, 4) is 0 Å². The van der Waals surface area contributed by atoms with Crippen LogP contribution in [0.4, 0.5) is 10.5 Å². The van der Waals surface area contributed by atoms with Crippen molar-refractivity contribution in [1.82, 2.24) is 15.6 Å². The van der Waals surface area contributed by atoms with E-state index in [0.29, 0.717) is 47.3 Å². The minimum Gasteiger partial charge on any atom is -0.476 e. The molecule has 3 rings (SSSR count). The van der Waals surface area contributed by atoms with Gasteiger partial charge in [-0.3, -0.25) is 9.69 Å². The number of benzene rings is 1. The van der Waals surface area contributed by atoms with E-state index in [2.05, 4.69) is 15.6 Å². The molecule has 10 heteroatoms. The molecule has 2 heterocycles. The maximum Gasteiger partial charge on any atom is 0.355 e. The fourth-order valence-corrected chi connectivity index (χ4v) is 3.46. The molecule has 2 aromatic rings. The molecular formula is C16H15ClN4O4S. The third-order valence-electron chi connectivity index (χ3n) is 3.75. The topological polar surface area (TPSA) is 112 Å². The van der Waals surface area contributed by atoms with Crippen molar-refractivity contribution in [2.75, 3.05) is 24.5 Å². The van der Waals surface area contributed by atoms with Gasteiger partial charge in [0.25, 0.3) is 5.91 Å². The van der Waals surface area contributed by atoms with Gasteiger partial charge < -0.3 is 15.7 Å². The number of carbonyl (C=O) groups is 3. The van der Waals surface area contributed by atoms with Crippen molar-refractivity contribution < 1.29 is 19.5 Å². The highest BCUT2D eigenvalue weighted by atomic mass is 35.5. The van der Waals surface area contributed by atoms with Gasteiger partial charge in [-0.2, -0.15) is 0 Å². The van der Waals surface area contributed by atoms with Crippen molar-refractivity contribution in [2.45, 2.75) is 6.42 Å². The Morgan fingerprint density at radius 2 is 2.23 bits per heavy atom. The molecule has 0 bridgehead atoms. The van der Waals surface area contributed by atoms with E-state index in [4.69, 9.17) is 16.7 Å². The first kappa shape index (κ1) is 18.2. The number of thiazole rings is 1. The lowest BCUT2D eigenvalue weighted by Gasteiger charge is -2.17. The zero-order valence-electron chi connectivity index (χ0n) is 13.5. The molecule has 3 amide bonds. The largest absolute Gasteiger partial charge is 0.476 e. The standard InChI is InChI=1S/C16H15ClN4O4S/c17-10-2-1-9(7-12(10)21-6-5-19-16(21)25)14(22)18-4-3-13-20-11(8-26-13)15(23)24/h1-2,7-8H,3-6H2,(H,18,22)(H,19,25)(H,23,24). The van der Waals surface area contributed by atoms with Gasteiger partial charge in [-0.25, -0.2) is 14.6 Å². The Bertz CT molecular complexity index is 870. The highest BCUT2D eigenvalue weighted by Crippen LogP contribution is 2.28. The van der Waals surface area contributed by atoms with E-state index in [1.807, 2.05) is 0 Å². The molecule has 1 aromatic carbocycles. The molecule has 3 N–H and O–H groups in total. The average Bonchev–Trinajstić information content (AvgIpc) is 3.24. The molecule has 1 saturated heterocycles. The van der Waals surface area contributed by atoms with Gasteiger partial charge in [0, 0.05) is 37.0 Å². The number of nitrogens with one attached hydrogen (secondary N) is 2. The number of anilines is 1. The zero-order valence-corrected chi connectivity index (χ0v) is 15.1. The van der Waals surface area contributed by atoms with Gasteiger partial charge in [-0.1, -0.05) is 11.6 Å². The van der Waals surface area contributed by atoms with Crippen molar-refractivity contribution in [3.63, 3.8) is 0 Å². The summed E-state index contributed by atoms with van der Waals surface area (Å²) >= 11 is 7.39. The highest BCUT2D eigenvalue weighted by Gasteiger charge is 2.24. The molecule has 26 heavy (non-hydrogen) atoms. The molecule has 0 aliphatic carbocycles. The van der Waals surface area contributed by atoms with Crippen molar-refractivity contribution in [2.24, 2.45) is 0 Å². The first-order chi connectivity index (χ1) is 12.5. The molecule has 1 fully saturated rings. The zero-order chi connectivity index (χ0) is 18.7.